The minimum absolute atomic E-state index is 0.332. The number of cyclic esters (lactones) is 2. The first-order valence-electron chi connectivity index (χ1n) is 9.96. The van der Waals surface area contributed by atoms with Crippen LogP contribution >= 0.6 is 31.9 Å². The van der Waals surface area contributed by atoms with Crippen LogP contribution in [0.15, 0.2) is 64.2 Å². The fourth-order valence-corrected chi connectivity index (χ4v) is 5.39. The van der Waals surface area contributed by atoms with Gasteiger partial charge in [0.15, 0.2) is 5.92 Å². The third-order valence-electron chi connectivity index (χ3n) is 5.22. The molecular formula is C24H21Br2NO5. The fraction of sp³-hybridized carbons (Fsp3) is 0.250. The molecule has 1 aliphatic rings. The van der Waals surface area contributed by atoms with Gasteiger partial charge in [0.05, 0.1) is 8.95 Å². The van der Waals surface area contributed by atoms with Crippen molar-refractivity contribution in [2.24, 2.45) is 5.92 Å². The number of halogens is 2. The highest BCUT2D eigenvalue weighted by Crippen LogP contribution is 2.44. The molecule has 4 rings (SSSR count). The minimum atomic E-state index is -1.31. The maximum atomic E-state index is 13.1. The number of hydrogen-bond donors (Lipinski definition) is 1. The van der Waals surface area contributed by atoms with Crippen molar-refractivity contribution < 1.29 is 23.8 Å². The number of hydrogen-bond acceptors (Lipinski definition) is 5. The smallest absolute Gasteiger partial charge is 0.324 e. The number of rotatable bonds is 6. The van der Waals surface area contributed by atoms with Crippen molar-refractivity contribution in [2.75, 3.05) is 6.61 Å². The second-order valence-electron chi connectivity index (χ2n) is 7.90. The summed E-state index contributed by atoms with van der Waals surface area (Å²) in [6.45, 7) is 7.08. The molecule has 1 aliphatic heterocycles. The first kappa shape index (κ1) is 22.6. The van der Waals surface area contributed by atoms with E-state index in [1.165, 1.54) is 0 Å². The van der Waals surface area contributed by atoms with Gasteiger partial charge in [-0.05, 0) is 61.2 Å². The maximum Gasteiger partial charge on any atom is 0.324 e. The Morgan fingerprint density at radius 3 is 2.41 bits per heavy atom. The van der Waals surface area contributed by atoms with Crippen molar-refractivity contribution in [3.8, 4) is 5.75 Å². The number of fused-ring (bicyclic) bond motifs is 1. The molecule has 1 fully saturated rings. The van der Waals surface area contributed by atoms with Crippen LogP contribution in [-0.2, 0) is 19.1 Å². The largest absolute Gasteiger partial charge is 0.487 e. The Hall–Kier alpha value is -2.58. The summed E-state index contributed by atoms with van der Waals surface area (Å²) < 4.78 is 18.0. The molecule has 2 heterocycles. The van der Waals surface area contributed by atoms with Crippen LogP contribution in [0.2, 0.25) is 0 Å². The first-order valence-corrected chi connectivity index (χ1v) is 11.5. The van der Waals surface area contributed by atoms with Crippen molar-refractivity contribution >= 4 is 54.7 Å². The number of esters is 2. The van der Waals surface area contributed by atoms with Gasteiger partial charge < -0.3 is 19.2 Å². The highest BCUT2D eigenvalue weighted by molar-refractivity contribution is 9.11. The fourth-order valence-electron chi connectivity index (χ4n) is 3.94. The summed E-state index contributed by atoms with van der Waals surface area (Å²) in [6, 6.07) is 11.4. The number of para-hydroxylation sites is 1. The standard InChI is InChI=1S/C24H21Br2NO5/c1-4-9-30-21-16(25)10-13(11-17(21)26)19(15-12-27-18-8-6-5-7-14(15)18)20-22(28)31-24(2,3)32-23(20)29/h4-8,10-12,19-20,27H,1,9H2,2-3H3/t19-/m1/s1. The van der Waals surface area contributed by atoms with Crippen molar-refractivity contribution in [2.45, 2.75) is 25.6 Å². The molecule has 1 aromatic heterocycles. The number of aromatic amines is 1. The van der Waals surface area contributed by atoms with Gasteiger partial charge in [0, 0.05) is 36.9 Å². The molecule has 0 unspecified atom stereocenters. The van der Waals surface area contributed by atoms with Gasteiger partial charge in [0.1, 0.15) is 12.4 Å². The summed E-state index contributed by atoms with van der Waals surface area (Å²) in [4.78, 5) is 29.3. The highest BCUT2D eigenvalue weighted by atomic mass is 79.9. The Labute approximate surface area is 202 Å². The van der Waals surface area contributed by atoms with Crippen LogP contribution in [0.4, 0.5) is 0 Å². The lowest BCUT2D eigenvalue weighted by atomic mass is 9.80. The average molecular weight is 563 g/mol. The monoisotopic (exact) mass is 561 g/mol. The molecule has 2 aromatic carbocycles. The van der Waals surface area contributed by atoms with Crippen LogP contribution in [0.1, 0.15) is 30.9 Å². The van der Waals surface area contributed by atoms with Gasteiger partial charge in [-0.3, -0.25) is 9.59 Å². The minimum Gasteiger partial charge on any atom is -0.487 e. The van der Waals surface area contributed by atoms with E-state index in [1.54, 1.807) is 19.9 Å². The van der Waals surface area contributed by atoms with E-state index >= 15 is 0 Å². The topological polar surface area (TPSA) is 77.6 Å². The quantitative estimate of drug-likeness (QED) is 0.232. The number of carbonyl (C=O) groups is 2. The Kier molecular flexibility index (Phi) is 6.18. The Bertz CT molecular complexity index is 1170. The molecule has 3 aromatic rings. The van der Waals surface area contributed by atoms with Crippen molar-refractivity contribution in [1.82, 2.24) is 4.98 Å². The second-order valence-corrected chi connectivity index (χ2v) is 9.61. The Morgan fingerprint density at radius 1 is 1.16 bits per heavy atom. The van der Waals surface area contributed by atoms with Crippen LogP contribution in [0.5, 0.6) is 5.75 Å². The summed E-state index contributed by atoms with van der Waals surface area (Å²) in [5, 5.41) is 0.905. The summed E-state index contributed by atoms with van der Waals surface area (Å²) in [5.74, 6) is -3.77. The van der Waals surface area contributed by atoms with E-state index in [4.69, 9.17) is 14.2 Å². The van der Waals surface area contributed by atoms with Crippen LogP contribution < -0.4 is 4.74 Å². The average Bonchev–Trinajstić information content (AvgIpc) is 3.13. The number of ether oxygens (including phenoxy) is 3. The molecule has 166 valence electrons. The van der Waals surface area contributed by atoms with Crippen molar-refractivity contribution in [1.29, 1.82) is 0 Å². The highest BCUT2D eigenvalue weighted by Gasteiger charge is 2.48. The van der Waals surface area contributed by atoms with Crippen molar-refractivity contribution in [3.63, 3.8) is 0 Å². The summed E-state index contributed by atoms with van der Waals surface area (Å²) in [6.07, 6.45) is 3.47. The van der Waals surface area contributed by atoms with E-state index in [0.29, 0.717) is 21.3 Å². The summed E-state index contributed by atoms with van der Waals surface area (Å²) in [5.41, 5.74) is 2.41. The van der Waals surface area contributed by atoms with E-state index in [1.807, 2.05) is 42.6 Å². The molecule has 6 nitrogen and oxygen atoms in total. The zero-order valence-corrected chi connectivity index (χ0v) is 20.7. The van der Waals surface area contributed by atoms with E-state index in [-0.39, 0.29) is 0 Å². The van der Waals surface area contributed by atoms with Gasteiger partial charge in [-0.15, -0.1) is 0 Å². The van der Waals surface area contributed by atoms with E-state index in [2.05, 4.69) is 43.4 Å². The lowest BCUT2D eigenvalue weighted by Crippen LogP contribution is -2.48. The van der Waals surface area contributed by atoms with Gasteiger partial charge in [-0.25, -0.2) is 0 Å². The van der Waals surface area contributed by atoms with E-state index < -0.39 is 29.6 Å². The van der Waals surface area contributed by atoms with Gasteiger partial charge in [0.2, 0.25) is 0 Å². The van der Waals surface area contributed by atoms with Crippen LogP contribution in [0.3, 0.4) is 0 Å². The second kappa shape index (κ2) is 8.75. The lowest BCUT2D eigenvalue weighted by molar-refractivity contribution is -0.240. The molecule has 0 saturated carbocycles. The molecule has 0 spiro atoms. The molecule has 1 atom stereocenters. The molecule has 0 amide bonds. The van der Waals surface area contributed by atoms with Gasteiger partial charge in [-0.2, -0.15) is 0 Å². The van der Waals surface area contributed by atoms with Crippen LogP contribution in [0, 0.1) is 5.92 Å². The first-order chi connectivity index (χ1) is 15.2. The molecular weight excluding hydrogens is 542 g/mol. The maximum absolute atomic E-state index is 13.1. The summed E-state index contributed by atoms with van der Waals surface area (Å²) in [7, 11) is 0. The number of carbonyl (C=O) groups excluding carboxylic acids is 2. The lowest BCUT2D eigenvalue weighted by Gasteiger charge is -2.36. The number of nitrogens with one attached hydrogen (secondary N) is 1. The normalized spacial score (nSPS) is 17.0. The van der Waals surface area contributed by atoms with Gasteiger partial charge in [-0.1, -0.05) is 30.9 Å². The zero-order valence-electron chi connectivity index (χ0n) is 17.5. The molecule has 1 N–H and O–H groups in total. The molecule has 1 saturated heterocycles. The molecule has 0 bridgehead atoms. The molecule has 0 aliphatic carbocycles. The molecule has 32 heavy (non-hydrogen) atoms. The van der Waals surface area contributed by atoms with Gasteiger partial charge in [0.25, 0.3) is 5.79 Å². The Balaban J connectivity index is 1.88. The third-order valence-corrected chi connectivity index (χ3v) is 6.39. The molecule has 8 heteroatoms. The van der Waals surface area contributed by atoms with Crippen LogP contribution in [-0.4, -0.2) is 29.3 Å². The van der Waals surface area contributed by atoms with Gasteiger partial charge >= 0.3 is 11.9 Å². The number of aromatic nitrogens is 1. The predicted octanol–water partition coefficient (Wildman–Crippen LogP) is 5.84. The van der Waals surface area contributed by atoms with E-state index in [9.17, 15) is 9.59 Å². The Morgan fingerprint density at radius 2 is 1.78 bits per heavy atom. The third kappa shape index (κ3) is 4.21. The number of benzene rings is 2. The zero-order chi connectivity index (χ0) is 23.0. The van der Waals surface area contributed by atoms with Crippen LogP contribution in [0.25, 0.3) is 10.9 Å². The SMILES string of the molecule is C=CCOc1c(Br)cc([C@H](c2c[nH]c3ccccc23)C2C(=O)OC(C)(C)OC2=O)cc1Br. The summed E-state index contributed by atoms with van der Waals surface area (Å²) >= 11 is 7.10. The van der Waals surface area contributed by atoms with E-state index in [0.717, 1.165) is 22.0 Å². The van der Waals surface area contributed by atoms with Crippen molar-refractivity contribution in [3.05, 3.63) is 75.3 Å². The number of H-pyrrole nitrogens is 1. The molecule has 0 radical (unpaired) electrons. The predicted molar refractivity (Wildman–Crippen MR) is 127 cm³/mol.